The molecule has 0 radical (unpaired) electrons. The molecule has 6 N–H and O–H groups in total. The molecule has 1 aromatic rings. The van der Waals surface area contributed by atoms with Crippen molar-refractivity contribution in [2.75, 3.05) is 6.61 Å². The second-order valence-electron chi connectivity index (χ2n) is 5.91. The van der Waals surface area contributed by atoms with Crippen LogP contribution in [0.1, 0.15) is 5.56 Å². The first-order valence-electron chi connectivity index (χ1n) is 7.93. The SMILES string of the molecule is O=C(Cc1ccccc1)N[C@H]1[C@H]([C@H](O)C(O)CO)OC(C(=O)O)=C[C@@H]1O. The fourth-order valence-electron chi connectivity index (χ4n) is 2.63. The lowest BCUT2D eigenvalue weighted by Gasteiger charge is -2.38. The van der Waals surface area contributed by atoms with Gasteiger partial charge in [-0.2, -0.15) is 0 Å². The summed E-state index contributed by atoms with van der Waals surface area (Å²) in [6, 6.07) is 7.56. The van der Waals surface area contributed by atoms with Gasteiger partial charge in [-0.3, -0.25) is 4.79 Å². The van der Waals surface area contributed by atoms with Crippen LogP contribution in [0.5, 0.6) is 0 Å². The number of rotatable bonds is 7. The molecule has 2 rings (SSSR count). The smallest absolute Gasteiger partial charge is 0.370 e. The molecule has 26 heavy (non-hydrogen) atoms. The van der Waals surface area contributed by atoms with E-state index in [0.717, 1.165) is 6.08 Å². The Bertz CT molecular complexity index is 662. The van der Waals surface area contributed by atoms with Crippen LogP contribution in [0.25, 0.3) is 0 Å². The first kappa shape index (κ1) is 19.9. The van der Waals surface area contributed by atoms with Crippen LogP contribution in [0.3, 0.4) is 0 Å². The Morgan fingerprint density at radius 1 is 1.19 bits per heavy atom. The monoisotopic (exact) mass is 367 g/mol. The Hall–Kier alpha value is -2.46. The van der Waals surface area contributed by atoms with Crippen molar-refractivity contribution in [3.05, 3.63) is 47.7 Å². The van der Waals surface area contributed by atoms with Crippen LogP contribution in [0.15, 0.2) is 42.2 Å². The van der Waals surface area contributed by atoms with E-state index < -0.39 is 54.7 Å². The molecule has 0 saturated carbocycles. The zero-order chi connectivity index (χ0) is 19.3. The van der Waals surface area contributed by atoms with Crippen LogP contribution in [0.4, 0.5) is 0 Å². The Morgan fingerprint density at radius 3 is 2.42 bits per heavy atom. The van der Waals surface area contributed by atoms with Crippen LogP contribution in [-0.2, 0) is 20.7 Å². The summed E-state index contributed by atoms with van der Waals surface area (Å²) < 4.78 is 5.13. The van der Waals surface area contributed by atoms with Gasteiger partial charge < -0.3 is 35.6 Å². The Balaban J connectivity index is 2.18. The number of ether oxygens (including phenoxy) is 1. The van der Waals surface area contributed by atoms with E-state index in [9.17, 15) is 24.9 Å². The van der Waals surface area contributed by atoms with Crippen molar-refractivity contribution in [2.24, 2.45) is 0 Å². The molecule has 9 heteroatoms. The number of carbonyl (C=O) groups is 2. The molecule has 5 atom stereocenters. The minimum atomic E-state index is -1.74. The maximum atomic E-state index is 12.2. The Labute approximate surface area is 149 Å². The number of hydrogen-bond acceptors (Lipinski definition) is 7. The molecule has 1 aliphatic heterocycles. The summed E-state index contributed by atoms with van der Waals surface area (Å²) in [5, 5.41) is 50.4. The maximum absolute atomic E-state index is 12.2. The predicted octanol–water partition coefficient (Wildman–Crippen LogP) is -1.84. The number of benzene rings is 1. The standard InChI is InChI=1S/C17H21NO8/c19-8-11(21)15(23)16-14(10(20)7-12(26-16)17(24)25)18-13(22)6-9-4-2-1-3-5-9/h1-5,7,10-11,14-16,19-21,23H,6,8H2,(H,18,22)(H,24,25)/t10-,11?,14+,15+,16+/m0/s1. The van der Waals surface area contributed by atoms with Crippen LogP contribution in [0.2, 0.25) is 0 Å². The van der Waals surface area contributed by atoms with E-state index in [1.165, 1.54) is 0 Å². The van der Waals surface area contributed by atoms with Crippen molar-refractivity contribution in [2.45, 2.75) is 36.9 Å². The normalized spacial score (nSPS) is 24.8. The summed E-state index contributed by atoms with van der Waals surface area (Å²) in [5.74, 6) is -2.60. The van der Waals surface area contributed by atoms with E-state index in [1.54, 1.807) is 30.3 Å². The molecule has 0 fully saturated rings. The zero-order valence-corrected chi connectivity index (χ0v) is 13.7. The van der Waals surface area contributed by atoms with Gasteiger partial charge in [0, 0.05) is 0 Å². The molecule has 0 spiro atoms. The van der Waals surface area contributed by atoms with Gasteiger partial charge in [0.05, 0.1) is 19.1 Å². The average molecular weight is 367 g/mol. The summed E-state index contributed by atoms with van der Waals surface area (Å²) >= 11 is 0. The number of amides is 1. The molecule has 1 aromatic carbocycles. The Morgan fingerprint density at radius 2 is 1.85 bits per heavy atom. The first-order chi connectivity index (χ1) is 12.3. The van der Waals surface area contributed by atoms with Crippen LogP contribution < -0.4 is 5.32 Å². The van der Waals surface area contributed by atoms with Crippen LogP contribution >= 0.6 is 0 Å². The molecule has 0 aliphatic carbocycles. The zero-order valence-electron chi connectivity index (χ0n) is 13.7. The lowest BCUT2D eigenvalue weighted by atomic mass is 9.93. The number of aliphatic carboxylic acids is 1. The van der Waals surface area contributed by atoms with E-state index in [4.69, 9.17) is 14.9 Å². The third-order valence-electron chi connectivity index (χ3n) is 3.97. The first-order valence-corrected chi connectivity index (χ1v) is 7.93. The average Bonchev–Trinajstić information content (AvgIpc) is 2.62. The molecule has 1 aliphatic rings. The highest BCUT2D eigenvalue weighted by atomic mass is 16.5. The van der Waals surface area contributed by atoms with E-state index >= 15 is 0 Å². The molecule has 1 amide bonds. The van der Waals surface area contributed by atoms with Crippen molar-refractivity contribution in [3.8, 4) is 0 Å². The van der Waals surface area contributed by atoms with Crippen molar-refractivity contribution >= 4 is 11.9 Å². The van der Waals surface area contributed by atoms with E-state index in [1.807, 2.05) is 0 Å². The highest BCUT2D eigenvalue weighted by Gasteiger charge is 2.43. The van der Waals surface area contributed by atoms with Gasteiger partial charge in [-0.05, 0) is 11.6 Å². The number of carbonyl (C=O) groups excluding carboxylic acids is 1. The summed E-state index contributed by atoms with van der Waals surface area (Å²) in [6.07, 6.45) is -5.44. The topological polar surface area (TPSA) is 157 Å². The number of nitrogens with one attached hydrogen (secondary N) is 1. The van der Waals surface area contributed by atoms with Crippen LogP contribution in [0, 0.1) is 0 Å². The van der Waals surface area contributed by atoms with E-state index in [2.05, 4.69) is 5.32 Å². The minimum absolute atomic E-state index is 0.00900. The Kier molecular flexibility index (Phi) is 6.70. The fourth-order valence-corrected chi connectivity index (χ4v) is 2.63. The second-order valence-corrected chi connectivity index (χ2v) is 5.91. The predicted molar refractivity (Wildman–Crippen MR) is 87.8 cm³/mol. The van der Waals surface area contributed by atoms with Gasteiger partial charge in [-0.15, -0.1) is 0 Å². The van der Waals surface area contributed by atoms with E-state index in [0.29, 0.717) is 5.56 Å². The fraction of sp³-hybridized carbons (Fsp3) is 0.412. The maximum Gasteiger partial charge on any atom is 0.370 e. The van der Waals surface area contributed by atoms with Gasteiger partial charge in [-0.25, -0.2) is 4.79 Å². The van der Waals surface area contributed by atoms with Gasteiger partial charge in [0.2, 0.25) is 11.7 Å². The summed E-state index contributed by atoms with van der Waals surface area (Å²) in [7, 11) is 0. The third-order valence-corrected chi connectivity index (χ3v) is 3.97. The number of carboxylic acid groups (broad SMARTS) is 1. The minimum Gasteiger partial charge on any atom is -0.478 e. The quantitative estimate of drug-likeness (QED) is 0.328. The number of carboxylic acids is 1. The molecule has 9 nitrogen and oxygen atoms in total. The summed E-state index contributed by atoms with van der Waals surface area (Å²) in [4.78, 5) is 23.3. The largest absolute Gasteiger partial charge is 0.478 e. The third kappa shape index (κ3) is 4.79. The molecular formula is C17H21NO8. The van der Waals surface area contributed by atoms with Crippen molar-refractivity contribution in [3.63, 3.8) is 0 Å². The number of aliphatic hydroxyl groups excluding tert-OH is 4. The molecule has 142 valence electrons. The molecule has 0 saturated heterocycles. The van der Waals surface area contributed by atoms with Crippen LogP contribution in [-0.4, -0.2) is 74.5 Å². The summed E-state index contributed by atoms with van der Waals surface area (Å²) in [5.41, 5.74) is 0.713. The molecule has 0 aromatic heterocycles. The van der Waals surface area contributed by atoms with E-state index in [-0.39, 0.29) is 6.42 Å². The molecule has 0 bridgehead atoms. The van der Waals surface area contributed by atoms with Gasteiger partial charge in [0.1, 0.15) is 18.3 Å². The molecule has 1 heterocycles. The highest BCUT2D eigenvalue weighted by Crippen LogP contribution is 2.23. The van der Waals surface area contributed by atoms with Crippen molar-refractivity contribution < 1.29 is 39.9 Å². The summed E-state index contributed by atoms with van der Waals surface area (Å²) in [6.45, 7) is -0.812. The number of aliphatic hydroxyl groups is 4. The molecule has 1 unspecified atom stereocenters. The molecular weight excluding hydrogens is 346 g/mol. The van der Waals surface area contributed by atoms with Crippen molar-refractivity contribution in [1.82, 2.24) is 5.32 Å². The van der Waals surface area contributed by atoms with Gasteiger partial charge in [-0.1, -0.05) is 30.3 Å². The second kappa shape index (κ2) is 8.77. The van der Waals surface area contributed by atoms with Gasteiger partial charge in [0.15, 0.2) is 6.10 Å². The lowest BCUT2D eigenvalue weighted by Crippen LogP contribution is -2.60. The lowest BCUT2D eigenvalue weighted by molar-refractivity contribution is -0.149. The van der Waals surface area contributed by atoms with Gasteiger partial charge in [0.25, 0.3) is 0 Å². The van der Waals surface area contributed by atoms with Crippen molar-refractivity contribution in [1.29, 1.82) is 0 Å². The highest BCUT2D eigenvalue weighted by molar-refractivity contribution is 5.85. The van der Waals surface area contributed by atoms with Gasteiger partial charge >= 0.3 is 5.97 Å². The number of hydrogen-bond donors (Lipinski definition) is 6.